The van der Waals surface area contributed by atoms with E-state index < -0.39 is 0 Å². The number of nitrogens with one attached hydrogen (secondary N) is 1. The minimum Gasteiger partial charge on any atom is -0.515 e. The second-order valence-electron chi connectivity index (χ2n) is 3.90. The first kappa shape index (κ1) is 12.0. The number of aliphatic hydroxyl groups is 1. The highest BCUT2D eigenvalue weighted by Gasteiger charge is 2.29. The zero-order valence-electron chi connectivity index (χ0n) is 9.20. The number of hydrogen-bond donors (Lipinski definition) is 2. The Morgan fingerprint density at radius 1 is 1.67 bits per heavy atom. The Balaban J connectivity index is 2.70. The fourth-order valence-corrected chi connectivity index (χ4v) is 1.92. The average molecular weight is 209 g/mol. The molecule has 15 heavy (non-hydrogen) atoms. The van der Waals surface area contributed by atoms with Crippen LogP contribution in [0.1, 0.15) is 32.6 Å². The van der Waals surface area contributed by atoms with Gasteiger partial charge >= 0.3 is 0 Å². The number of hydrogen-bond acceptors (Lipinski definition) is 3. The summed E-state index contributed by atoms with van der Waals surface area (Å²) < 4.78 is 0. The molecule has 0 aromatic carbocycles. The van der Waals surface area contributed by atoms with E-state index in [0.29, 0.717) is 12.0 Å². The molecule has 0 radical (unpaired) electrons. The molecule has 2 atom stereocenters. The summed E-state index contributed by atoms with van der Waals surface area (Å²) in [5.74, 6) is 0.0668. The van der Waals surface area contributed by atoms with Gasteiger partial charge in [0.05, 0.1) is 6.26 Å². The maximum absolute atomic E-state index is 11.7. The van der Waals surface area contributed by atoms with Gasteiger partial charge in [-0.2, -0.15) is 0 Å². The second-order valence-corrected chi connectivity index (χ2v) is 3.90. The molecule has 0 saturated carbocycles. The summed E-state index contributed by atoms with van der Waals surface area (Å²) >= 11 is 0. The van der Waals surface area contributed by atoms with Crippen LogP contribution in [-0.2, 0) is 4.79 Å². The molecule has 0 aromatic heterocycles. The van der Waals surface area contributed by atoms with Crippen LogP contribution in [0.25, 0.3) is 0 Å². The third-order valence-electron chi connectivity index (χ3n) is 2.86. The van der Waals surface area contributed by atoms with E-state index in [4.69, 9.17) is 5.11 Å². The van der Waals surface area contributed by atoms with E-state index in [0.717, 1.165) is 25.5 Å². The first-order chi connectivity index (χ1) is 7.22. The van der Waals surface area contributed by atoms with Crippen molar-refractivity contribution in [2.75, 3.05) is 0 Å². The van der Waals surface area contributed by atoms with Gasteiger partial charge in [0, 0.05) is 24.1 Å². The Hall–Kier alpha value is -1.09. The van der Waals surface area contributed by atoms with Gasteiger partial charge in [-0.05, 0) is 19.3 Å². The minimum absolute atomic E-state index is 0.0146. The monoisotopic (exact) mass is 209 g/mol. The summed E-state index contributed by atoms with van der Waals surface area (Å²) in [6.45, 7) is 5.72. The van der Waals surface area contributed by atoms with E-state index in [2.05, 4.69) is 18.8 Å². The van der Waals surface area contributed by atoms with Crippen molar-refractivity contribution in [3.63, 3.8) is 0 Å². The Morgan fingerprint density at radius 3 is 2.93 bits per heavy atom. The van der Waals surface area contributed by atoms with Crippen LogP contribution in [0, 0.1) is 0 Å². The number of ketones is 1. The quantitative estimate of drug-likeness (QED) is 0.423. The zero-order valence-corrected chi connectivity index (χ0v) is 9.20. The van der Waals surface area contributed by atoms with Gasteiger partial charge in [-0.15, -0.1) is 6.58 Å². The van der Waals surface area contributed by atoms with Gasteiger partial charge in [0.15, 0.2) is 5.78 Å². The largest absolute Gasteiger partial charge is 0.515 e. The first-order valence-electron chi connectivity index (χ1n) is 5.47. The number of allylic oxidation sites excluding steroid dienone is 1. The molecule has 1 rings (SSSR count). The molecule has 0 aliphatic carbocycles. The molecule has 1 aliphatic rings. The van der Waals surface area contributed by atoms with Gasteiger partial charge in [-0.1, -0.05) is 13.0 Å². The van der Waals surface area contributed by atoms with Crippen LogP contribution in [0.4, 0.5) is 0 Å². The normalized spacial score (nSPS) is 29.4. The summed E-state index contributed by atoms with van der Waals surface area (Å²) in [4.78, 5) is 11.7. The molecule has 0 amide bonds. The molecule has 2 unspecified atom stereocenters. The van der Waals surface area contributed by atoms with Gasteiger partial charge in [-0.3, -0.25) is 4.79 Å². The van der Waals surface area contributed by atoms with Crippen molar-refractivity contribution in [2.45, 2.75) is 44.7 Å². The fraction of sp³-hybridized carbons (Fsp3) is 0.583. The summed E-state index contributed by atoms with van der Waals surface area (Å²) in [6, 6.07) is 0.232. The molecule has 1 heterocycles. The molecular weight excluding hydrogens is 190 g/mol. The van der Waals surface area contributed by atoms with Crippen molar-refractivity contribution in [1.29, 1.82) is 0 Å². The summed E-state index contributed by atoms with van der Waals surface area (Å²) in [5, 5.41) is 12.4. The van der Waals surface area contributed by atoms with Gasteiger partial charge in [0.25, 0.3) is 0 Å². The lowest BCUT2D eigenvalue weighted by atomic mass is 9.89. The lowest BCUT2D eigenvalue weighted by molar-refractivity contribution is -0.117. The van der Waals surface area contributed by atoms with E-state index in [1.807, 2.05) is 6.08 Å². The lowest BCUT2D eigenvalue weighted by Crippen LogP contribution is -2.47. The first-order valence-corrected chi connectivity index (χ1v) is 5.47. The number of carbonyl (C=O) groups is 1. The van der Waals surface area contributed by atoms with Crippen LogP contribution in [0.15, 0.2) is 24.5 Å². The van der Waals surface area contributed by atoms with Crippen molar-refractivity contribution in [1.82, 2.24) is 5.32 Å². The van der Waals surface area contributed by atoms with Crippen LogP contribution < -0.4 is 5.32 Å². The number of aliphatic hydroxyl groups excluding tert-OH is 1. The van der Waals surface area contributed by atoms with Crippen molar-refractivity contribution >= 4 is 5.78 Å². The molecule has 84 valence electrons. The fourth-order valence-electron chi connectivity index (χ4n) is 1.92. The van der Waals surface area contributed by atoms with Crippen LogP contribution >= 0.6 is 0 Å². The van der Waals surface area contributed by atoms with E-state index in [9.17, 15) is 4.79 Å². The van der Waals surface area contributed by atoms with E-state index in [-0.39, 0.29) is 17.9 Å². The maximum atomic E-state index is 11.7. The minimum atomic E-state index is -0.0146. The Bertz CT molecular complexity index is 271. The molecule has 1 fully saturated rings. The molecule has 0 aromatic rings. The van der Waals surface area contributed by atoms with E-state index in [1.165, 1.54) is 0 Å². The topological polar surface area (TPSA) is 49.3 Å². The maximum Gasteiger partial charge on any atom is 0.165 e. The van der Waals surface area contributed by atoms with Gasteiger partial charge < -0.3 is 10.4 Å². The van der Waals surface area contributed by atoms with Crippen LogP contribution in [0.3, 0.4) is 0 Å². The molecular formula is C12H19NO2. The number of Topliss-reactive ketones (excluding diaryl/α,β-unsaturated/α-hetero) is 1. The van der Waals surface area contributed by atoms with Crippen LogP contribution in [0.5, 0.6) is 0 Å². The Kier molecular flexibility index (Phi) is 4.56. The third kappa shape index (κ3) is 2.93. The number of rotatable bonds is 4. The molecule has 1 aliphatic heterocycles. The lowest BCUT2D eigenvalue weighted by Gasteiger charge is -2.31. The molecule has 2 N–H and O–H groups in total. The van der Waals surface area contributed by atoms with Crippen molar-refractivity contribution in [3.05, 3.63) is 24.5 Å². The highest BCUT2D eigenvalue weighted by Crippen LogP contribution is 2.20. The molecule has 3 nitrogen and oxygen atoms in total. The van der Waals surface area contributed by atoms with Gasteiger partial charge in [-0.25, -0.2) is 0 Å². The van der Waals surface area contributed by atoms with Crippen molar-refractivity contribution in [3.8, 4) is 0 Å². The highest BCUT2D eigenvalue weighted by molar-refractivity contribution is 5.97. The summed E-state index contributed by atoms with van der Waals surface area (Å²) in [6.07, 6.45) is 5.88. The molecule has 3 heteroatoms. The van der Waals surface area contributed by atoms with Crippen LogP contribution in [0.2, 0.25) is 0 Å². The van der Waals surface area contributed by atoms with E-state index >= 15 is 0 Å². The highest BCUT2D eigenvalue weighted by atomic mass is 16.2. The van der Waals surface area contributed by atoms with Crippen molar-refractivity contribution < 1.29 is 9.90 Å². The smallest absolute Gasteiger partial charge is 0.165 e. The van der Waals surface area contributed by atoms with Crippen molar-refractivity contribution in [2.24, 2.45) is 0 Å². The SMILES string of the molecule is C=CCCC1NC(CC)CC(=O)/C1=C\O. The molecule has 0 bridgehead atoms. The summed E-state index contributed by atoms with van der Waals surface area (Å²) in [5.41, 5.74) is 0.515. The molecule has 1 saturated heterocycles. The Labute approximate surface area is 90.9 Å². The zero-order chi connectivity index (χ0) is 11.3. The van der Waals surface area contributed by atoms with E-state index in [1.54, 1.807) is 0 Å². The Morgan fingerprint density at radius 2 is 2.40 bits per heavy atom. The van der Waals surface area contributed by atoms with Crippen LogP contribution in [-0.4, -0.2) is 23.0 Å². The van der Waals surface area contributed by atoms with Gasteiger partial charge in [0.2, 0.25) is 0 Å². The second kappa shape index (κ2) is 5.71. The molecule has 0 spiro atoms. The predicted molar refractivity (Wildman–Crippen MR) is 60.8 cm³/mol. The average Bonchev–Trinajstić information content (AvgIpc) is 2.25. The number of carbonyl (C=O) groups excluding carboxylic acids is 1. The predicted octanol–water partition coefficient (Wildman–Crippen LogP) is 2.10. The number of piperidine rings is 1. The third-order valence-corrected chi connectivity index (χ3v) is 2.86. The van der Waals surface area contributed by atoms with Gasteiger partial charge in [0.1, 0.15) is 0 Å². The summed E-state index contributed by atoms with van der Waals surface area (Å²) in [7, 11) is 0. The standard InChI is InChI=1S/C12H19NO2/c1-3-5-6-11-10(8-14)12(15)7-9(4-2)13-11/h3,8-9,11,13-14H,1,4-7H2,2H3/b10-8-.